The van der Waals surface area contributed by atoms with Gasteiger partial charge in [0.15, 0.2) is 0 Å². The summed E-state index contributed by atoms with van der Waals surface area (Å²) in [6.07, 6.45) is 0.602. The molecule has 4 N–H and O–H groups in total. The van der Waals surface area contributed by atoms with Crippen LogP contribution in [0, 0.1) is 20.8 Å². The Balaban J connectivity index is 2.10. The van der Waals surface area contributed by atoms with Gasteiger partial charge < -0.3 is 15.6 Å². The van der Waals surface area contributed by atoms with Crippen molar-refractivity contribution in [3.63, 3.8) is 0 Å². The van der Waals surface area contributed by atoms with Gasteiger partial charge in [-0.2, -0.15) is 4.98 Å². The van der Waals surface area contributed by atoms with Gasteiger partial charge in [-0.3, -0.25) is 0 Å². The SMILES string of the molecule is Cc1cccc(C)c1-c1nc(NS(=O)(=O)c2cccc(C(=O)O)c2)nc(OCCCN)c1C. The van der Waals surface area contributed by atoms with Gasteiger partial charge in [-0.25, -0.2) is 22.9 Å². The zero-order valence-electron chi connectivity index (χ0n) is 18.6. The maximum absolute atomic E-state index is 13.0. The number of sulfonamides is 1. The summed E-state index contributed by atoms with van der Waals surface area (Å²) in [5.41, 5.74) is 9.40. The summed E-state index contributed by atoms with van der Waals surface area (Å²) in [6, 6.07) is 10.9. The lowest BCUT2D eigenvalue weighted by Crippen LogP contribution is -2.17. The van der Waals surface area contributed by atoms with Crippen molar-refractivity contribution in [3.05, 3.63) is 64.7 Å². The van der Waals surface area contributed by atoms with E-state index in [9.17, 15) is 18.3 Å². The third kappa shape index (κ3) is 5.47. The molecular formula is C23H26N4O5S. The lowest BCUT2D eigenvalue weighted by atomic mass is 9.97. The standard InChI is InChI=1S/C23H26N4O5S/c1-14-7-4-8-15(2)19(14)20-16(3)21(32-12-6-11-24)26-23(25-20)27-33(30,31)18-10-5-9-17(13-18)22(28)29/h4-5,7-10,13H,6,11-12,24H2,1-3H3,(H,28,29)(H,25,26,27). The second-order valence-electron chi connectivity index (χ2n) is 7.52. The van der Waals surface area contributed by atoms with E-state index in [1.807, 2.05) is 39.0 Å². The zero-order valence-corrected chi connectivity index (χ0v) is 19.4. The molecule has 0 aliphatic heterocycles. The number of hydrogen-bond acceptors (Lipinski definition) is 7. The van der Waals surface area contributed by atoms with Gasteiger partial charge >= 0.3 is 5.97 Å². The fourth-order valence-corrected chi connectivity index (χ4v) is 4.33. The number of nitrogens with one attached hydrogen (secondary N) is 1. The first-order valence-electron chi connectivity index (χ1n) is 10.3. The zero-order chi connectivity index (χ0) is 24.2. The third-order valence-corrected chi connectivity index (χ3v) is 6.35. The van der Waals surface area contributed by atoms with Crippen LogP contribution in [0.4, 0.5) is 5.95 Å². The van der Waals surface area contributed by atoms with Crippen LogP contribution in [0.15, 0.2) is 47.4 Å². The van der Waals surface area contributed by atoms with Crippen LogP contribution < -0.4 is 15.2 Å². The summed E-state index contributed by atoms with van der Waals surface area (Å²) in [5.74, 6) is -1.17. The molecule has 0 amide bonds. The number of aryl methyl sites for hydroxylation is 2. The Morgan fingerprint density at radius 2 is 1.76 bits per heavy atom. The number of rotatable bonds is 9. The third-order valence-electron chi connectivity index (χ3n) is 5.02. The van der Waals surface area contributed by atoms with Gasteiger partial charge in [0.1, 0.15) is 0 Å². The molecular weight excluding hydrogens is 444 g/mol. The van der Waals surface area contributed by atoms with Gasteiger partial charge in [0.25, 0.3) is 10.0 Å². The number of aromatic carboxylic acids is 1. The first-order chi connectivity index (χ1) is 15.6. The number of carboxylic acids is 1. The molecule has 0 atom stereocenters. The number of aromatic nitrogens is 2. The predicted octanol–water partition coefficient (Wildman–Crippen LogP) is 3.30. The van der Waals surface area contributed by atoms with Gasteiger partial charge in [-0.15, -0.1) is 0 Å². The number of nitrogens with two attached hydrogens (primary N) is 1. The maximum atomic E-state index is 13.0. The minimum atomic E-state index is -4.16. The molecule has 1 heterocycles. The molecule has 0 spiro atoms. The maximum Gasteiger partial charge on any atom is 0.335 e. The number of benzene rings is 2. The number of carbonyl (C=O) groups is 1. The Bertz CT molecular complexity index is 1270. The van der Waals surface area contributed by atoms with Crippen molar-refractivity contribution in [1.82, 2.24) is 9.97 Å². The van der Waals surface area contributed by atoms with Crippen molar-refractivity contribution in [2.24, 2.45) is 5.73 Å². The Kier molecular flexibility index (Phi) is 7.29. The van der Waals surface area contributed by atoms with Gasteiger partial charge in [0.2, 0.25) is 11.8 Å². The normalized spacial score (nSPS) is 11.3. The predicted molar refractivity (Wildman–Crippen MR) is 125 cm³/mol. The quantitative estimate of drug-likeness (QED) is 0.404. The van der Waals surface area contributed by atoms with Crippen LogP contribution in [0.3, 0.4) is 0 Å². The molecule has 33 heavy (non-hydrogen) atoms. The van der Waals surface area contributed by atoms with E-state index < -0.39 is 16.0 Å². The average Bonchev–Trinajstić information content (AvgIpc) is 2.76. The lowest BCUT2D eigenvalue weighted by Gasteiger charge is -2.17. The molecule has 0 aliphatic rings. The van der Waals surface area contributed by atoms with Gasteiger partial charge in [-0.05, 0) is 63.1 Å². The van der Waals surface area contributed by atoms with Crippen molar-refractivity contribution in [3.8, 4) is 17.1 Å². The minimum Gasteiger partial charge on any atom is -0.478 e. The molecule has 0 unspecified atom stereocenters. The summed E-state index contributed by atoms with van der Waals surface area (Å²) in [4.78, 5) is 19.8. The molecule has 10 heteroatoms. The molecule has 2 aromatic carbocycles. The van der Waals surface area contributed by atoms with Crippen LogP contribution in [0.25, 0.3) is 11.3 Å². The lowest BCUT2D eigenvalue weighted by molar-refractivity contribution is 0.0696. The monoisotopic (exact) mass is 470 g/mol. The van der Waals surface area contributed by atoms with Crippen LogP contribution >= 0.6 is 0 Å². The van der Waals surface area contributed by atoms with Crippen LogP contribution in [0.5, 0.6) is 5.88 Å². The van der Waals surface area contributed by atoms with E-state index in [-0.39, 0.29) is 22.3 Å². The van der Waals surface area contributed by atoms with E-state index in [1.165, 1.54) is 18.2 Å². The Labute approximate surface area is 192 Å². The summed E-state index contributed by atoms with van der Waals surface area (Å²) in [6.45, 7) is 6.45. The van der Waals surface area contributed by atoms with Crippen molar-refractivity contribution in [2.45, 2.75) is 32.1 Å². The first-order valence-corrected chi connectivity index (χ1v) is 11.8. The fourth-order valence-electron chi connectivity index (χ4n) is 3.34. The molecule has 0 radical (unpaired) electrons. The highest BCUT2D eigenvalue weighted by Gasteiger charge is 2.22. The molecule has 0 bridgehead atoms. The molecule has 174 valence electrons. The second kappa shape index (κ2) is 9.97. The molecule has 3 rings (SSSR count). The van der Waals surface area contributed by atoms with E-state index in [0.29, 0.717) is 30.8 Å². The van der Waals surface area contributed by atoms with Crippen molar-refractivity contribution >= 4 is 21.9 Å². The molecule has 3 aromatic rings. The summed E-state index contributed by atoms with van der Waals surface area (Å²) in [7, 11) is -4.16. The van der Waals surface area contributed by atoms with Crippen LogP contribution in [0.2, 0.25) is 0 Å². The fraction of sp³-hybridized carbons (Fsp3) is 0.261. The van der Waals surface area contributed by atoms with Gasteiger partial charge in [-0.1, -0.05) is 24.3 Å². The van der Waals surface area contributed by atoms with E-state index in [4.69, 9.17) is 10.5 Å². The molecule has 0 saturated heterocycles. The number of hydrogen-bond donors (Lipinski definition) is 3. The Morgan fingerprint density at radius 1 is 1.09 bits per heavy atom. The minimum absolute atomic E-state index is 0.148. The van der Waals surface area contributed by atoms with Crippen LogP contribution in [-0.2, 0) is 10.0 Å². The Hall–Kier alpha value is -3.50. The number of ether oxygens (including phenoxy) is 1. The number of nitrogens with zero attached hydrogens (tertiary/aromatic N) is 2. The van der Waals surface area contributed by atoms with Gasteiger partial charge in [0, 0.05) is 11.1 Å². The summed E-state index contributed by atoms with van der Waals surface area (Å²) in [5, 5.41) is 9.18. The number of anilines is 1. The average molecular weight is 471 g/mol. The number of carboxylic acid groups (broad SMARTS) is 1. The van der Waals surface area contributed by atoms with E-state index in [0.717, 1.165) is 22.8 Å². The van der Waals surface area contributed by atoms with Crippen LogP contribution in [-0.4, -0.2) is 42.6 Å². The van der Waals surface area contributed by atoms with Crippen molar-refractivity contribution < 1.29 is 23.1 Å². The molecule has 0 aliphatic carbocycles. The molecule has 0 saturated carbocycles. The summed E-state index contributed by atoms with van der Waals surface area (Å²) >= 11 is 0. The smallest absolute Gasteiger partial charge is 0.335 e. The topological polar surface area (TPSA) is 144 Å². The highest BCUT2D eigenvalue weighted by molar-refractivity contribution is 7.92. The molecule has 1 aromatic heterocycles. The first kappa shape index (κ1) is 24.1. The van der Waals surface area contributed by atoms with Gasteiger partial charge in [0.05, 0.1) is 22.8 Å². The largest absolute Gasteiger partial charge is 0.478 e. The Morgan fingerprint density at radius 3 is 2.39 bits per heavy atom. The second-order valence-corrected chi connectivity index (χ2v) is 9.20. The van der Waals surface area contributed by atoms with E-state index in [2.05, 4.69) is 14.7 Å². The van der Waals surface area contributed by atoms with E-state index in [1.54, 1.807) is 0 Å². The van der Waals surface area contributed by atoms with E-state index >= 15 is 0 Å². The molecule has 9 nitrogen and oxygen atoms in total. The molecule has 0 fully saturated rings. The highest BCUT2D eigenvalue weighted by Crippen LogP contribution is 2.33. The van der Waals surface area contributed by atoms with Crippen LogP contribution in [0.1, 0.15) is 33.5 Å². The van der Waals surface area contributed by atoms with Crippen molar-refractivity contribution in [2.75, 3.05) is 17.9 Å². The summed E-state index contributed by atoms with van der Waals surface area (Å²) < 4.78 is 34.1. The highest BCUT2D eigenvalue weighted by atomic mass is 32.2. The van der Waals surface area contributed by atoms with Crippen molar-refractivity contribution in [1.29, 1.82) is 0 Å².